The first-order valence-corrected chi connectivity index (χ1v) is 7.70. The Morgan fingerprint density at radius 1 is 1.32 bits per heavy atom. The highest BCUT2D eigenvalue weighted by Crippen LogP contribution is 2.31. The molecule has 0 aromatic heterocycles. The summed E-state index contributed by atoms with van der Waals surface area (Å²) in [5.41, 5.74) is -1.07. The van der Waals surface area contributed by atoms with E-state index in [-0.39, 0.29) is 0 Å². The number of benzene rings is 1. The minimum atomic E-state index is -4.66. The zero-order chi connectivity index (χ0) is 17.1. The third-order valence-electron chi connectivity index (χ3n) is 2.86. The number of nitrogens with zero attached hydrogens (tertiary/aromatic N) is 1. The second-order valence-electron chi connectivity index (χ2n) is 4.75. The average molecular weight is 339 g/mol. The Labute approximate surface area is 126 Å². The topological polar surface area (TPSA) is 63.7 Å². The summed E-state index contributed by atoms with van der Waals surface area (Å²) < 4.78 is 68.2. The summed E-state index contributed by atoms with van der Waals surface area (Å²) in [7, 11) is -3.16. The molecule has 22 heavy (non-hydrogen) atoms. The summed E-state index contributed by atoms with van der Waals surface area (Å²) in [5.74, 6) is -0.802. The van der Waals surface area contributed by atoms with Crippen LogP contribution in [0.15, 0.2) is 29.2 Å². The van der Waals surface area contributed by atoms with Crippen molar-refractivity contribution >= 4 is 16.0 Å². The van der Waals surface area contributed by atoms with Gasteiger partial charge in [-0.15, -0.1) is 0 Å². The molecule has 0 spiro atoms. The quantitative estimate of drug-likeness (QED) is 0.772. The Bertz CT molecular complexity index is 641. The fraction of sp³-hybridized carbons (Fsp3) is 0.462. The van der Waals surface area contributed by atoms with Gasteiger partial charge in [0.2, 0.25) is 10.0 Å². The summed E-state index contributed by atoms with van der Waals surface area (Å²) in [4.78, 5) is 10.8. The van der Waals surface area contributed by atoms with Crippen LogP contribution in [0.1, 0.15) is 19.4 Å². The average Bonchev–Trinajstić information content (AvgIpc) is 2.43. The fourth-order valence-electron chi connectivity index (χ4n) is 1.71. The first-order chi connectivity index (χ1) is 10.00. The van der Waals surface area contributed by atoms with E-state index >= 15 is 0 Å². The van der Waals surface area contributed by atoms with Crippen LogP contribution in [0.3, 0.4) is 0 Å². The van der Waals surface area contributed by atoms with E-state index in [1.807, 2.05) is 0 Å². The minimum absolute atomic E-state index is 0.528. The van der Waals surface area contributed by atoms with Crippen molar-refractivity contribution in [3.63, 3.8) is 0 Å². The number of hydrogen-bond donors (Lipinski definition) is 0. The second-order valence-corrected chi connectivity index (χ2v) is 6.64. The Morgan fingerprint density at radius 3 is 2.36 bits per heavy atom. The van der Waals surface area contributed by atoms with Gasteiger partial charge in [0.05, 0.1) is 17.6 Å². The molecule has 0 amide bonds. The number of hydrogen-bond acceptors (Lipinski definition) is 4. The molecule has 124 valence electrons. The Kier molecular flexibility index (Phi) is 5.58. The first-order valence-electron chi connectivity index (χ1n) is 6.26. The van der Waals surface area contributed by atoms with Gasteiger partial charge in [0, 0.05) is 6.04 Å². The standard InChI is InChI=1S/C13H16F3NO4S/c1-9(2)17(8-12(18)21-3)22(19,20)11-6-4-5-10(7-11)13(14,15)16/h4-7,9H,8H2,1-3H3. The van der Waals surface area contributed by atoms with Crippen molar-refractivity contribution in [1.82, 2.24) is 4.31 Å². The van der Waals surface area contributed by atoms with E-state index in [0.29, 0.717) is 6.07 Å². The summed E-state index contributed by atoms with van der Waals surface area (Å²) in [6, 6.07) is 2.75. The number of carbonyl (C=O) groups is 1. The summed E-state index contributed by atoms with van der Waals surface area (Å²) in [5, 5.41) is 0. The molecule has 1 aromatic rings. The van der Waals surface area contributed by atoms with Gasteiger partial charge in [-0.25, -0.2) is 8.42 Å². The van der Waals surface area contributed by atoms with E-state index in [2.05, 4.69) is 4.74 Å². The molecule has 0 N–H and O–H groups in total. The third kappa shape index (κ3) is 4.20. The maximum absolute atomic E-state index is 12.7. The van der Waals surface area contributed by atoms with Gasteiger partial charge in [-0.05, 0) is 32.0 Å². The van der Waals surface area contributed by atoms with Crippen LogP contribution in [0.5, 0.6) is 0 Å². The number of ether oxygens (including phenoxy) is 1. The highest BCUT2D eigenvalue weighted by atomic mass is 32.2. The normalized spacial score (nSPS) is 12.7. The molecule has 0 unspecified atom stereocenters. The highest BCUT2D eigenvalue weighted by molar-refractivity contribution is 7.89. The summed E-state index contributed by atoms with van der Waals surface area (Å²) in [6.45, 7) is 2.44. The van der Waals surface area contributed by atoms with Crippen molar-refractivity contribution in [3.8, 4) is 0 Å². The van der Waals surface area contributed by atoms with Crippen molar-refractivity contribution < 1.29 is 31.1 Å². The van der Waals surface area contributed by atoms with Crippen molar-refractivity contribution in [2.75, 3.05) is 13.7 Å². The van der Waals surface area contributed by atoms with Gasteiger partial charge >= 0.3 is 12.1 Å². The van der Waals surface area contributed by atoms with Crippen molar-refractivity contribution in [2.24, 2.45) is 0 Å². The van der Waals surface area contributed by atoms with Crippen LogP contribution in [-0.4, -0.2) is 38.4 Å². The van der Waals surface area contributed by atoms with Crippen molar-refractivity contribution in [2.45, 2.75) is 31.0 Å². The number of alkyl halides is 3. The summed E-state index contributed by atoms with van der Waals surface area (Å²) in [6.07, 6.45) is -4.66. The van der Waals surface area contributed by atoms with Crippen LogP contribution < -0.4 is 0 Å². The van der Waals surface area contributed by atoms with Gasteiger partial charge in [-0.1, -0.05) is 6.07 Å². The maximum atomic E-state index is 12.7. The predicted molar refractivity (Wildman–Crippen MR) is 72.5 cm³/mol. The van der Waals surface area contributed by atoms with Crippen LogP contribution in [-0.2, 0) is 25.7 Å². The van der Waals surface area contributed by atoms with Gasteiger partial charge < -0.3 is 4.74 Å². The van der Waals surface area contributed by atoms with E-state index < -0.39 is 45.2 Å². The minimum Gasteiger partial charge on any atom is -0.468 e. The fourth-order valence-corrected chi connectivity index (χ4v) is 3.33. The lowest BCUT2D eigenvalue weighted by Crippen LogP contribution is -2.41. The second kappa shape index (κ2) is 6.66. The molecule has 5 nitrogen and oxygen atoms in total. The van der Waals surface area contributed by atoms with Gasteiger partial charge in [-0.3, -0.25) is 4.79 Å². The molecule has 0 heterocycles. The SMILES string of the molecule is COC(=O)CN(C(C)C)S(=O)(=O)c1cccc(C(F)(F)F)c1. The van der Waals surface area contributed by atoms with Gasteiger partial charge in [0.25, 0.3) is 0 Å². The number of rotatable bonds is 5. The molecule has 0 radical (unpaired) electrons. The Morgan fingerprint density at radius 2 is 1.91 bits per heavy atom. The Hall–Kier alpha value is -1.61. The first kappa shape index (κ1) is 18.4. The van der Waals surface area contributed by atoms with Crippen LogP contribution >= 0.6 is 0 Å². The molecule has 0 aliphatic carbocycles. The van der Waals surface area contributed by atoms with Gasteiger partial charge in [0.1, 0.15) is 6.54 Å². The smallest absolute Gasteiger partial charge is 0.416 e. The van der Waals surface area contributed by atoms with Crippen LogP contribution in [0.2, 0.25) is 0 Å². The number of esters is 1. The maximum Gasteiger partial charge on any atom is 0.416 e. The number of methoxy groups -OCH3 is 1. The third-order valence-corrected chi connectivity index (χ3v) is 4.87. The largest absolute Gasteiger partial charge is 0.468 e. The van der Waals surface area contributed by atoms with Crippen LogP contribution in [0, 0.1) is 0 Å². The molecule has 0 fully saturated rings. The van der Waals surface area contributed by atoms with E-state index in [4.69, 9.17) is 0 Å². The van der Waals surface area contributed by atoms with E-state index in [0.717, 1.165) is 29.6 Å². The molecule has 9 heteroatoms. The van der Waals surface area contributed by atoms with Crippen LogP contribution in [0.25, 0.3) is 0 Å². The molecule has 0 aliphatic heterocycles. The molecule has 0 saturated heterocycles. The van der Waals surface area contributed by atoms with Gasteiger partial charge in [-0.2, -0.15) is 17.5 Å². The zero-order valence-corrected chi connectivity index (χ0v) is 13.0. The lowest BCUT2D eigenvalue weighted by molar-refractivity contribution is -0.141. The number of carbonyl (C=O) groups excluding carboxylic acids is 1. The molecule has 1 rings (SSSR count). The predicted octanol–water partition coefficient (Wildman–Crippen LogP) is 2.28. The molecule has 0 aliphatic rings. The molecular weight excluding hydrogens is 323 g/mol. The zero-order valence-electron chi connectivity index (χ0n) is 12.2. The van der Waals surface area contributed by atoms with E-state index in [9.17, 15) is 26.4 Å². The molecule has 1 aromatic carbocycles. The van der Waals surface area contributed by atoms with Gasteiger partial charge in [0.15, 0.2) is 0 Å². The van der Waals surface area contributed by atoms with E-state index in [1.165, 1.54) is 13.8 Å². The number of sulfonamides is 1. The molecule has 0 saturated carbocycles. The number of halogens is 3. The highest BCUT2D eigenvalue weighted by Gasteiger charge is 2.34. The van der Waals surface area contributed by atoms with Crippen LogP contribution in [0.4, 0.5) is 13.2 Å². The Balaban J connectivity index is 3.29. The monoisotopic (exact) mass is 339 g/mol. The lowest BCUT2D eigenvalue weighted by Gasteiger charge is -2.25. The molecule has 0 atom stereocenters. The molecular formula is C13H16F3NO4S. The summed E-state index contributed by atoms with van der Waals surface area (Å²) >= 11 is 0. The van der Waals surface area contributed by atoms with Crippen molar-refractivity contribution in [1.29, 1.82) is 0 Å². The lowest BCUT2D eigenvalue weighted by atomic mass is 10.2. The van der Waals surface area contributed by atoms with E-state index in [1.54, 1.807) is 0 Å². The van der Waals surface area contributed by atoms with Crippen molar-refractivity contribution in [3.05, 3.63) is 29.8 Å². The molecule has 0 bridgehead atoms.